The van der Waals surface area contributed by atoms with E-state index in [0.717, 1.165) is 43.4 Å². The predicted octanol–water partition coefficient (Wildman–Crippen LogP) is 9.27. The number of hydrogen-bond donors (Lipinski definition) is 1. The number of anilines is 2. The molecule has 0 aliphatic rings. The van der Waals surface area contributed by atoms with Gasteiger partial charge in [-0.05, 0) is 66.2 Å². The summed E-state index contributed by atoms with van der Waals surface area (Å²) in [6.07, 6.45) is 1.53. The van der Waals surface area contributed by atoms with Crippen molar-refractivity contribution < 1.29 is 13.9 Å². The van der Waals surface area contributed by atoms with Gasteiger partial charge >= 0.3 is 0 Å². The molecule has 0 amide bonds. The van der Waals surface area contributed by atoms with E-state index in [1.54, 1.807) is 35.6 Å². The number of nitrogens with zero attached hydrogens (tertiary/aromatic N) is 2. The van der Waals surface area contributed by atoms with Crippen LogP contribution in [0.5, 0.6) is 17.2 Å². The first kappa shape index (κ1) is 24.9. The summed E-state index contributed by atoms with van der Waals surface area (Å²) in [7, 11) is 0. The molecule has 0 radical (unpaired) electrons. The molecule has 39 heavy (non-hydrogen) atoms. The zero-order chi connectivity index (χ0) is 26.6. The Morgan fingerprint density at radius 2 is 1.67 bits per heavy atom. The summed E-state index contributed by atoms with van der Waals surface area (Å²) in [5.41, 5.74) is 3.27. The minimum absolute atomic E-state index is 0.213. The van der Waals surface area contributed by atoms with Gasteiger partial charge in [0, 0.05) is 16.1 Å². The fourth-order valence-corrected chi connectivity index (χ4v) is 5.39. The van der Waals surface area contributed by atoms with Crippen molar-refractivity contribution in [1.82, 2.24) is 9.97 Å². The van der Waals surface area contributed by atoms with Crippen LogP contribution in [0.3, 0.4) is 0 Å². The second-order valence-corrected chi connectivity index (χ2v) is 10.1. The third-order valence-electron chi connectivity index (χ3n) is 5.91. The van der Waals surface area contributed by atoms with Gasteiger partial charge in [-0.25, -0.2) is 14.4 Å². The van der Waals surface area contributed by atoms with E-state index in [1.807, 2.05) is 66.7 Å². The number of hydrogen-bond acceptors (Lipinski definition) is 6. The Morgan fingerprint density at radius 3 is 2.51 bits per heavy atom. The summed E-state index contributed by atoms with van der Waals surface area (Å²) in [4.78, 5) is 9.98. The number of ether oxygens (including phenoxy) is 2. The third-order valence-corrected chi connectivity index (χ3v) is 7.37. The Kier molecular flexibility index (Phi) is 7.08. The van der Waals surface area contributed by atoms with Crippen molar-refractivity contribution in [3.8, 4) is 27.7 Å². The minimum atomic E-state index is -0.304. The van der Waals surface area contributed by atoms with Gasteiger partial charge in [0.1, 0.15) is 36.0 Å². The molecular formula is C31H21ClFN3O2S. The predicted molar refractivity (Wildman–Crippen MR) is 155 cm³/mol. The summed E-state index contributed by atoms with van der Waals surface area (Å²) >= 11 is 8.08. The van der Waals surface area contributed by atoms with Gasteiger partial charge in [0.2, 0.25) is 0 Å². The average Bonchev–Trinajstić information content (AvgIpc) is 3.39. The van der Waals surface area contributed by atoms with Gasteiger partial charge in [0.05, 0.1) is 15.2 Å². The standard InChI is InChI=1S/C31H21ClFN3O2S/c32-25-16-22(13-14-28(25)37-18-20-7-6-8-21(33)15-20)36-31-30-26(34-19-35-31)17-29(39-30)24-11-4-5-12-27(24)38-23-9-2-1-3-10-23/h1-17,19H,18H2,(H,34,35,36). The normalized spacial score (nSPS) is 10.9. The highest BCUT2D eigenvalue weighted by Crippen LogP contribution is 2.41. The largest absolute Gasteiger partial charge is 0.487 e. The van der Waals surface area contributed by atoms with Gasteiger partial charge in [0.25, 0.3) is 0 Å². The lowest BCUT2D eigenvalue weighted by Crippen LogP contribution is -1.98. The van der Waals surface area contributed by atoms with Gasteiger partial charge in [-0.3, -0.25) is 0 Å². The Morgan fingerprint density at radius 1 is 0.821 bits per heavy atom. The van der Waals surface area contributed by atoms with Gasteiger partial charge in [-0.15, -0.1) is 11.3 Å². The van der Waals surface area contributed by atoms with Crippen LogP contribution in [0.2, 0.25) is 5.02 Å². The molecule has 4 aromatic carbocycles. The molecule has 1 N–H and O–H groups in total. The van der Waals surface area contributed by atoms with Crippen LogP contribution in [-0.4, -0.2) is 9.97 Å². The van der Waals surface area contributed by atoms with E-state index in [1.165, 1.54) is 18.5 Å². The van der Waals surface area contributed by atoms with Gasteiger partial charge in [-0.1, -0.05) is 54.1 Å². The Bertz CT molecular complexity index is 1760. The molecule has 0 spiro atoms. The van der Waals surface area contributed by atoms with Crippen molar-refractivity contribution >= 4 is 44.7 Å². The van der Waals surface area contributed by atoms with E-state index in [4.69, 9.17) is 21.1 Å². The van der Waals surface area contributed by atoms with Crippen LogP contribution in [-0.2, 0) is 6.61 Å². The molecular weight excluding hydrogens is 533 g/mol. The zero-order valence-electron chi connectivity index (χ0n) is 20.5. The average molecular weight is 554 g/mol. The SMILES string of the molecule is Fc1cccc(COc2ccc(Nc3ncnc4cc(-c5ccccc5Oc5ccccc5)sc34)cc2Cl)c1. The molecule has 192 valence electrons. The number of aromatic nitrogens is 2. The molecule has 8 heteroatoms. The van der Waals surface area contributed by atoms with Crippen LogP contribution in [0.25, 0.3) is 20.7 Å². The maximum atomic E-state index is 13.4. The topological polar surface area (TPSA) is 56.3 Å². The zero-order valence-corrected chi connectivity index (χ0v) is 22.0. The fourth-order valence-electron chi connectivity index (χ4n) is 4.07. The van der Waals surface area contributed by atoms with Crippen LogP contribution < -0.4 is 14.8 Å². The number of para-hydroxylation sites is 2. The molecule has 0 unspecified atom stereocenters. The van der Waals surface area contributed by atoms with Crippen LogP contribution in [0.1, 0.15) is 5.56 Å². The van der Waals surface area contributed by atoms with Gasteiger partial charge < -0.3 is 14.8 Å². The van der Waals surface area contributed by atoms with Crippen molar-refractivity contribution in [1.29, 1.82) is 0 Å². The number of halogens is 2. The second-order valence-electron chi connectivity index (χ2n) is 8.65. The second kappa shape index (κ2) is 11.1. The maximum Gasteiger partial charge on any atom is 0.151 e. The molecule has 0 aliphatic carbocycles. The Balaban J connectivity index is 1.24. The minimum Gasteiger partial charge on any atom is -0.487 e. The molecule has 0 fully saturated rings. The smallest absolute Gasteiger partial charge is 0.151 e. The number of fused-ring (bicyclic) bond motifs is 1. The van der Waals surface area contributed by atoms with Gasteiger partial charge in [-0.2, -0.15) is 0 Å². The van der Waals surface area contributed by atoms with Crippen molar-refractivity contribution in [3.05, 3.63) is 126 Å². The van der Waals surface area contributed by atoms with E-state index in [-0.39, 0.29) is 12.4 Å². The molecule has 6 aromatic rings. The first-order valence-corrected chi connectivity index (χ1v) is 13.3. The number of benzene rings is 4. The molecule has 0 saturated heterocycles. The Hall–Kier alpha value is -4.46. The lowest BCUT2D eigenvalue weighted by Gasteiger charge is -2.11. The van der Waals surface area contributed by atoms with Crippen molar-refractivity contribution in [2.75, 3.05) is 5.32 Å². The van der Waals surface area contributed by atoms with Crippen molar-refractivity contribution in [2.45, 2.75) is 6.61 Å². The van der Waals surface area contributed by atoms with Crippen LogP contribution in [0, 0.1) is 5.82 Å². The van der Waals surface area contributed by atoms with Gasteiger partial charge in [0.15, 0.2) is 5.82 Å². The molecule has 6 rings (SSSR count). The molecule has 0 aliphatic heterocycles. The number of thiophene rings is 1. The van der Waals surface area contributed by atoms with Crippen LogP contribution in [0.15, 0.2) is 109 Å². The summed E-state index contributed by atoms with van der Waals surface area (Å²) in [6.45, 7) is 0.213. The maximum absolute atomic E-state index is 13.4. The first-order valence-electron chi connectivity index (χ1n) is 12.1. The number of rotatable bonds is 8. The summed E-state index contributed by atoms with van der Waals surface area (Å²) in [5, 5.41) is 3.79. The molecule has 5 nitrogen and oxygen atoms in total. The quantitative estimate of drug-likeness (QED) is 0.203. The van der Waals surface area contributed by atoms with Crippen molar-refractivity contribution in [2.24, 2.45) is 0 Å². The highest BCUT2D eigenvalue weighted by atomic mass is 35.5. The van der Waals surface area contributed by atoms with E-state index in [2.05, 4.69) is 15.3 Å². The summed E-state index contributed by atoms with van der Waals surface area (Å²) in [6, 6.07) is 31.4. The Labute approximate surface area is 233 Å². The molecule has 0 bridgehead atoms. The first-order chi connectivity index (χ1) is 19.1. The summed E-state index contributed by atoms with van der Waals surface area (Å²) < 4.78 is 26.3. The highest BCUT2D eigenvalue weighted by Gasteiger charge is 2.15. The number of nitrogens with one attached hydrogen (secondary N) is 1. The molecule has 0 saturated carbocycles. The molecule has 2 aromatic heterocycles. The van der Waals surface area contributed by atoms with E-state index in [9.17, 15) is 4.39 Å². The lowest BCUT2D eigenvalue weighted by molar-refractivity contribution is 0.306. The van der Waals surface area contributed by atoms with E-state index in [0.29, 0.717) is 16.6 Å². The molecule has 2 heterocycles. The lowest BCUT2D eigenvalue weighted by atomic mass is 10.1. The van der Waals surface area contributed by atoms with E-state index < -0.39 is 0 Å². The van der Waals surface area contributed by atoms with Crippen LogP contribution >= 0.6 is 22.9 Å². The summed E-state index contributed by atoms with van der Waals surface area (Å²) in [5.74, 6) is 2.41. The van der Waals surface area contributed by atoms with Crippen molar-refractivity contribution in [3.63, 3.8) is 0 Å². The third kappa shape index (κ3) is 5.70. The molecule has 0 atom stereocenters. The van der Waals surface area contributed by atoms with Crippen LogP contribution in [0.4, 0.5) is 15.9 Å². The van der Waals surface area contributed by atoms with E-state index >= 15 is 0 Å². The monoisotopic (exact) mass is 553 g/mol. The highest BCUT2D eigenvalue weighted by molar-refractivity contribution is 7.22. The fraction of sp³-hybridized carbons (Fsp3) is 0.0323.